The zero-order chi connectivity index (χ0) is 18.1. The molecule has 24 heavy (non-hydrogen) atoms. The first-order valence-electron chi connectivity index (χ1n) is 7.94. The summed E-state index contributed by atoms with van der Waals surface area (Å²) in [4.78, 5) is 24.5. The SMILES string of the molecule is COc1cc(CC(=O)C2(C)CC2)c(NC(=O)OC(C)(C)C)cc1Cl. The molecule has 1 saturated carbocycles. The molecular formula is C18H24ClNO4. The fourth-order valence-electron chi connectivity index (χ4n) is 2.28. The van der Waals surface area contributed by atoms with Gasteiger partial charge in [-0.25, -0.2) is 4.79 Å². The average molecular weight is 354 g/mol. The first-order valence-corrected chi connectivity index (χ1v) is 8.31. The number of ketones is 1. The molecule has 0 aromatic heterocycles. The van der Waals surface area contributed by atoms with Crippen molar-refractivity contribution in [2.24, 2.45) is 5.41 Å². The number of anilines is 1. The zero-order valence-electron chi connectivity index (χ0n) is 14.8. The van der Waals surface area contributed by atoms with E-state index in [0.717, 1.165) is 12.8 Å². The van der Waals surface area contributed by atoms with Crippen LogP contribution in [0.5, 0.6) is 5.75 Å². The van der Waals surface area contributed by atoms with Gasteiger partial charge in [0, 0.05) is 17.5 Å². The summed E-state index contributed by atoms with van der Waals surface area (Å²) >= 11 is 6.15. The minimum Gasteiger partial charge on any atom is -0.495 e. The highest BCUT2D eigenvalue weighted by atomic mass is 35.5. The number of carbonyl (C=O) groups excluding carboxylic acids is 2. The Hall–Kier alpha value is -1.75. The second-order valence-corrected chi connectivity index (χ2v) is 7.84. The second-order valence-electron chi connectivity index (χ2n) is 7.43. The molecule has 1 amide bonds. The summed E-state index contributed by atoms with van der Waals surface area (Å²) in [5.41, 5.74) is 0.279. The number of rotatable bonds is 5. The van der Waals surface area contributed by atoms with E-state index in [1.54, 1.807) is 32.9 Å². The molecule has 1 aliphatic carbocycles. The van der Waals surface area contributed by atoms with E-state index < -0.39 is 11.7 Å². The van der Waals surface area contributed by atoms with Crippen LogP contribution in [0.4, 0.5) is 10.5 Å². The van der Waals surface area contributed by atoms with Gasteiger partial charge >= 0.3 is 6.09 Å². The van der Waals surface area contributed by atoms with E-state index in [1.165, 1.54) is 7.11 Å². The molecule has 0 aliphatic heterocycles. The van der Waals surface area contributed by atoms with Crippen molar-refractivity contribution in [2.75, 3.05) is 12.4 Å². The third kappa shape index (κ3) is 4.63. The van der Waals surface area contributed by atoms with E-state index in [-0.39, 0.29) is 17.6 Å². The van der Waals surface area contributed by atoms with Gasteiger partial charge in [-0.1, -0.05) is 18.5 Å². The van der Waals surface area contributed by atoms with Crippen molar-refractivity contribution < 1.29 is 19.1 Å². The van der Waals surface area contributed by atoms with Gasteiger partial charge in [0.15, 0.2) is 0 Å². The highest BCUT2D eigenvalue weighted by Crippen LogP contribution is 2.47. The Bertz CT molecular complexity index is 660. The molecule has 1 fully saturated rings. The second kappa shape index (κ2) is 6.63. The lowest BCUT2D eigenvalue weighted by atomic mass is 9.96. The maximum atomic E-state index is 12.4. The summed E-state index contributed by atoms with van der Waals surface area (Å²) in [5.74, 6) is 0.620. The fraction of sp³-hybridized carbons (Fsp3) is 0.556. The Labute approximate surface area is 147 Å². The summed E-state index contributed by atoms with van der Waals surface area (Å²) in [6, 6.07) is 3.28. The summed E-state index contributed by atoms with van der Waals surface area (Å²) in [7, 11) is 1.51. The Balaban J connectivity index is 2.25. The predicted octanol–water partition coefficient (Wildman–Crippen LogP) is 4.61. The normalized spacial score (nSPS) is 15.6. The van der Waals surface area contributed by atoms with E-state index in [2.05, 4.69) is 5.32 Å². The minimum atomic E-state index is -0.613. The van der Waals surface area contributed by atoms with Gasteiger partial charge in [-0.05, 0) is 51.3 Å². The van der Waals surface area contributed by atoms with Crippen LogP contribution in [0, 0.1) is 5.41 Å². The van der Waals surface area contributed by atoms with Gasteiger partial charge in [0.25, 0.3) is 0 Å². The molecule has 0 spiro atoms. The number of ether oxygens (including phenoxy) is 2. The summed E-state index contributed by atoms with van der Waals surface area (Å²) < 4.78 is 10.5. The number of halogens is 1. The van der Waals surface area contributed by atoms with Gasteiger partial charge in [-0.2, -0.15) is 0 Å². The van der Waals surface area contributed by atoms with Crippen molar-refractivity contribution in [1.82, 2.24) is 0 Å². The lowest BCUT2D eigenvalue weighted by Crippen LogP contribution is -2.27. The molecule has 1 aromatic rings. The van der Waals surface area contributed by atoms with Crippen LogP contribution in [0.25, 0.3) is 0 Å². The number of benzene rings is 1. The molecule has 0 bridgehead atoms. The van der Waals surface area contributed by atoms with Crippen LogP contribution >= 0.6 is 11.6 Å². The summed E-state index contributed by atoms with van der Waals surface area (Å²) in [5, 5.41) is 3.04. The van der Waals surface area contributed by atoms with Crippen molar-refractivity contribution in [2.45, 2.75) is 52.6 Å². The monoisotopic (exact) mass is 353 g/mol. The van der Waals surface area contributed by atoms with Crippen molar-refractivity contribution in [1.29, 1.82) is 0 Å². The van der Waals surface area contributed by atoms with Gasteiger partial charge in [0.2, 0.25) is 0 Å². The molecule has 1 N–H and O–H groups in total. The summed E-state index contributed by atoms with van der Waals surface area (Å²) in [6.45, 7) is 7.31. The predicted molar refractivity (Wildman–Crippen MR) is 93.9 cm³/mol. The van der Waals surface area contributed by atoms with Crippen molar-refractivity contribution >= 4 is 29.2 Å². The molecule has 2 rings (SSSR count). The number of amides is 1. The van der Waals surface area contributed by atoms with E-state index in [1.807, 2.05) is 6.92 Å². The van der Waals surface area contributed by atoms with E-state index >= 15 is 0 Å². The van der Waals surface area contributed by atoms with Crippen molar-refractivity contribution in [3.8, 4) is 5.75 Å². The number of methoxy groups -OCH3 is 1. The number of Topliss-reactive ketones (excluding diaryl/α,β-unsaturated/α-hetero) is 1. The van der Waals surface area contributed by atoms with Crippen molar-refractivity contribution in [3.05, 3.63) is 22.7 Å². The first kappa shape index (κ1) is 18.6. The molecule has 0 atom stereocenters. The third-order valence-corrected chi connectivity index (χ3v) is 4.33. The molecule has 1 aliphatic rings. The maximum absolute atomic E-state index is 12.4. The molecule has 0 unspecified atom stereocenters. The van der Waals surface area contributed by atoms with E-state index in [4.69, 9.17) is 21.1 Å². The van der Waals surface area contributed by atoms with Crippen LogP contribution in [-0.4, -0.2) is 24.6 Å². The van der Waals surface area contributed by atoms with Gasteiger partial charge in [-0.3, -0.25) is 10.1 Å². The minimum absolute atomic E-state index is 0.152. The van der Waals surface area contributed by atoms with Gasteiger partial charge < -0.3 is 9.47 Å². The number of hydrogen-bond acceptors (Lipinski definition) is 4. The van der Waals surface area contributed by atoms with E-state index in [0.29, 0.717) is 22.0 Å². The number of nitrogens with one attached hydrogen (secondary N) is 1. The zero-order valence-corrected chi connectivity index (χ0v) is 15.5. The number of hydrogen-bond donors (Lipinski definition) is 1. The van der Waals surface area contributed by atoms with Crippen LogP contribution in [0.3, 0.4) is 0 Å². The third-order valence-electron chi connectivity index (χ3n) is 4.04. The van der Waals surface area contributed by atoms with Gasteiger partial charge in [0.05, 0.1) is 12.1 Å². The molecule has 0 saturated heterocycles. The molecule has 1 aromatic carbocycles. The molecule has 132 valence electrons. The van der Waals surface area contributed by atoms with Crippen LogP contribution in [0.1, 0.15) is 46.1 Å². The Morgan fingerprint density at radius 3 is 2.42 bits per heavy atom. The van der Waals surface area contributed by atoms with Gasteiger partial charge in [0.1, 0.15) is 17.1 Å². The molecular weight excluding hydrogens is 330 g/mol. The van der Waals surface area contributed by atoms with Crippen LogP contribution < -0.4 is 10.1 Å². The Morgan fingerprint density at radius 1 is 1.29 bits per heavy atom. The largest absolute Gasteiger partial charge is 0.495 e. The standard InChI is InChI=1S/C18H24ClNO4/c1-17(2,3)24-16(22)20-13-10-12(19)14(23-5)8-11(13)9-15(21)18(4)6-7-18/h8,10H,6-7,9H2,1-5H3,(H,20,22). The van der Waals surface area contributed by atoms with E-state index in [9.17, 15) is 9.59 Å². The quantitative estimate of drug-likeness (QED) is 0.839. The Kier molecular flexibility index (Phi) is 5.14. The average Bonchev–Trinajstić information content (AvgIpc) is 3.18. The maximum Gasteiger partial charge on any atom is 0.412 e. The van der Waals surface area contributed by atoms with Crippen LogP contribution in [-0.2, 0) is 16.0 Å². The molecule has 0 radical (unpaired) electrons. The topological polar surface area (TPSA) is 64.6 Å². The fourth-order valence-corrected chi connectivity index (χ4v) is 2.52. The number of carbonyl (C=O) groups is 2. The lowest BCUT2D eigenvalue weighted by molar-refractivity contribution is -0.122. The lowest BCUT2D eigenvalue weighted by Gasteiger charge is -2.21. The van der Waals surface area contributed by atoms with Crippen LogP contribution in [0.2, 0.25) is 5.02 Å². The highest BCUT2D eigenvalue weighted by molar-refractivity contribution is 6.32. The molecule has 0 heterocycles. The first-order chi connectivity index (χ1) is 11.0. The van der Waals surface area contributed by atoms with Gasteiger partial charge in [-0.15, -0.1) is 0 Å². The van der Waals surface area contributed by atoms with Crippen molar-refractivity contribution in [3.63, 3.8) is 0 Å². The molecule has 6 heteroatoms. The Morgan fingerprint density at radius 2 is 1.92 bits per heavy atom. The highest BCUT2D eigenvalue weighted by Gasteiger charge is 2.44. The van der Waals surface area contributed by atoms with Crippen LogP contribution in [0.15, 0.2) is 12.1 Å². The molecule has 5 nitrogen and oxygen atoms in total. The summed E-state index contributed by atoms with van der Waals surface area (Å²) in [6.07, 6.45) is 1.45. The smallest absolute Gasteiger partial charge is 0.412 e.